The molecule has 2 rings (SSSR count). The van der Waals surface area contributed by atoms with Crippen molar-refractivity contribution in [3.05, 3.63) is 48.5 Å². The maximum atomic E-state index is 2.28. The van der Waals surface area contributed by atoms with E-state index in [1.54, 1.807) is 0 Å². The maximum absolute atomic E-state index is 2.28. The first kappa shape index (κ1) is 12.9. The molecule has 0 radical (unpaired) electrons. The van der Waals surface area contributed by atoms with E-state index in [-0.39, 0.29) is 0 Å². The lowest BCUT2D eigenvalue weighted by Gasteiger charge is -1.99. The summed E-state index contributed by atoms with van der Waals surface area (Å²) in [5.74, 6) is 0. The van der Waals surface area contributed by atoms with Crippen LogP contribution in [0.15, 0.2) is 43.0 Å². The molecule has 1 heterocycles. The van der Waals surface area contributed by atoms with E-state index in [2.05, 4.69) is 66.0 Å². The van der Waals surface area contributed by atoms with E-state index in [0.29, 0.717) is 0 Å². The molecule has 0 fully saturated rings. The zero-order valence-electron chi connectivity index (χ0n) is 11.5. The van der Waals surface area contributed by atoms with Crippen molar-refractivity contribution in [1.29, 1.82) is 0 Å². The van der Waals surface area contributed by atoms with Gasteiger partial charge in [0.15, 0.2) is 0 Å². The number of aryl methyl sites for hydroxylation is 2. The number of imidazole rings is 1. The predicted molar refractivity (Wildman–Crippen MR) is 74.8 cm³/mol. The van der Waals surface area contributed by atoms with E-state index in [0.717, 1.165) is 6.54 Å². The Labute approximate surface area is 110 Å². The summed E-state index contributed by atoms with van der Waals surface area (Å²) < 4.78 is 4.48. The van der Waals surface area contributed by atoms with Crippen LogP contribution in [-0.2, 0) is 6.54 Å². The molecule has 0 aliphatic carbocycles. The summed E-state index contributed by atoms with van der Waals surface area (Å²) in [4.78, 5) is 0. The van der Waals surface area contributed by atoms with Gasteiger partial charge in [0.1, 0.15) is 18.1 Å². The van der Waals surface area contributed by atoms with Gasteiger partial charge in [-0.2, -0.15) is 0 Å². The molecule has 0 saturated carbocycles. The van der Waals surface area contributed by atoms with Gasteiger partial charge in [0, 0.05) is 0 Å². The average molecular weight is 243 g/mol. The minimum atomic E-state index is 1.12. The Balaban J connectivity index is 2.00. The number of aromatic nitrogens is 2. The molecule has 0 bridgehead atoms. The van der Waals surface area contributed by atoms with E-state index in [4.69, 9.17) is 0 Å². The molecule has 96 valence electrons. The first-order valence-corrected chi connectivity index (χ1v) is 6.94. The lowest BCUT2D eigenvalue weighted by atomic mass is 10.2. The number of rotatable bonds is 6. The largest absolute Gasteiger partial charge is 0.248 e. The number of para-hydroxylation sites is 1. The molecule has 0 aliphatic heterocycles. The van der Waals surface area contributed by atoms with Crippen LogP contribution < -0.4 is 4.57 Å². The Morgan fingerprint density at radius 1 is 1.11 bits per heavy atom. The molecule has 2 heteroatoms. The van der Waals surface area contributed by atoms with Crippen LogP contribution in [0.25, 0.3) is 5.69 Å². The lowest BCUT2D eigenvalue weighted by Crippen LogP contribution is -2.30. The Hall–Kier alpha value is -1.57. The van der Waals surface area contributed by atoms with Crippen LogP contribution in [0.1, 0.15) is 38.2 Å². The van der Waals surface area contributed by atoms with Crippen molar-refractivity contribution in [2.45, 2.75) is 46.1 Å². The van der Waals surface area contributed by atoms with E-state index < -0.39 is 0 Å². The van der Waals surface area contributed by atoms with Crippen molar-refractivity contribution in [3.63, 3.8) is 0 Å². The number of hydrogen-bond donors (Lipinski definition) is 0. The van der Waals surface area contributed by atoms with Gasteiger partial charge >= 0.3 is 0 Å². The van der Waals surface area contributed by atoms with Crippen LogP contribution in [-0.4, -0.2) is 4.57 Å². The molecule has 1 aromatic carbocycles. The molecule has 1 aromatic heterocycles. The summed E-state index contributed by atoms with van der Waals surface area (Å²) in [5, 5.41) is 0. The molecule has 0 amide bonds. The number of hydrogen-bond acceptors (Lipinski definition) is 0. The van der Waals surface area contributed by atoms with Crippen LogP contribution in [0, 0.1) is 6.92 Å². The van der Waals surface area contributed by atoms with Crippen LogP contribution >= 0.6 is 0 Å². The van der Waals surface area contributed by atoms with Crippen LogP contribution in [0.5, 0.6) is 0 Å². The fourth-order valence-corrected chi connectivity index (χ4v) is 2.24. The van der Waals surface area contributed by atoms with Gasteiger partial charge in [-0.25, -0.2) is 9.13 Å². The molecule has 0 unspecified atom stereocenters. The number of nitrogens with zero attached hydrogens (tertiary/aromatic N) is 2. The summed E-state index contributed by atoms with van der Waals surface area (Å²) in [6.07, 6.45) is 11.7. The fraction of sp³-hybridized carbons (Fsp3) is 0.438. The number of unbranched alkanes of at least 4 members (excludes halogenated alkanes) is 3. The summed E-state index contributed by atoms with van der Waals surface area (Å²) in [5.41, 5.74) is 2.58. The Morgan fingerprint density at radius 3 is 2.72 bits per heavy atom. The van der Waals surface area contributed by atoms with Gasteiger partial charge in [-0.3, -0.25) is 0 Å². The zero-order valence-corrected chi connectivity index (χ0v) is 11.5. The van der Waals surface area contributed by atoms with E-state index in [1.807, 2.05) is 0 Å². The van der Waals surface area contributed by atoms with Gasteiger partial charge in [-0.1, -0.05) is 38.0 Å². The van der Waals surface area contributed by atoms with E-state index in [9.17, 15) is 0 Å². The molecule has 18 heavy (non-hydrogen) atoms. The van der Waals surface area contributed by atoms with Crippen LogP contribution in [0.4, 0.5) is 0 Å². The van der Waals surface area contributed by atoms with Gasteiger partial charge in [0.25, 0.3) is 0 Å². The van der Waals surface area contributed by atoms with Crippen LogP contribution in [0.2, 0.25) is 0 Å². The van der Waals surface area contributed by atoms with Gasteiger partial charge in [0.05, 0.1) is 6.54 Å². The normalized spacial score (nSPS) is 10.8. The third kappa shape index (κ3) is 3.22. The summed E-state index contributed by atoms with van der Waals surface area (Å²) >= 11 is 0. The average Bonchev–Trinajstić information content (AvgIpc) is 2.84. The van der Waals surface area contributed by atoms with E-state index in [1.165, 1.54) is 36.9 Å². The third-order valence-corrected chi connectivity index (χ3v) is 3.35. The standard InChI is InChI=1S/C16H23N2/c1-3-4-5-8-11-17-12-13-18(14-17)16-10-7-6-9-15(16)2/h6-7,9-10,12-14H,3-5,8,11H2,1-2H3/q+1. The van der Waals surface area contributed by atoms with Crippen molar-refractivity contribution in [3.8, 4) is 5.69 Å². The van der Waals surface area contributed by atoms with Crippen molar-refractivity contribution >= 4 is 0 Å². The summed E-state index contributed by atoms with van der Waals surface area (Å²) in [6, 6.07) is 8.49. The summed E-state index contributed by atoms with van der Waals surface area (Å²) in [6.45, 7) is 5.53. The smallest absolute Gasteiger partial charge is 0.236 e. The molecule has 0 atom stereocenters. The SMILES string of the molecule is CCCCCC[n+]1ccn(-c2ccccc2C)c1. The van der Waals surface area contributed by atoms with Crippen molar-refractivity contribution in [2.24, 2.45) is 0 Å². The quantitative estimate of drug-likeness (QED) is 0.541. The second kappa shape index (κ2) is 6.39. The predicted octanol–water partition coefficient (Wildman–Crippen LogP) is 3.65. The Kier molecular flexibility index (Phi) is 4.57. The second-order valence-electron chi connectivity index (χ2n) is 4.91. The topological polar surface area (TPSA) is 8.81 Å². The second-order valence-corrected chi connectivity index (χ2v) is 4.91. The Morgan fingerprint density at radius 2 is 1.94 bits per heavy atom. The highest BCUT2D eigenvalue weighted by atomic mass is 15.1. The van der Waals surface area contributed by atoms with Crippen molar-refractivity contribution in [1.82, 2.24) is 4.57 Å². The van der Waals surface area contributed by atoms with Gasteiger partial charge in [0.2, 0.25) is 6.33 Å². The van der Waals surface area contributed by atoms with Crippen molar-refractivity contribution in [2.75, 3.05) is 0 Å². The molecule has 0 aliphatic rings. The maximum Gasteiger partial charge on any atom is 0.248 e. The highest BCUT2D eigenvalue weighted by Crippen LogP contribution is 2.11. The lowest BCUT2D eigenvalue weighted by molar-refractivity contribution is -0.696. The minimum absolute atomic E-state index is 1.12. The highest BCUT2D eigenvalue weighted by molar-refractivity contribution is 5.39. The summed E-state index contributed by atoms with van der Waals surface area (Å²) in [7, 11) is 0. The molecular weight excluding hydrogens is 220 g/mol. The molecule has 0 spiro atoms. The first-order chi connectivity index (χ1) is 8.81. The van der Waals surface area contributed by atoms with Crippen LogP contribution in [0.3, 0.4) is 0 Å². The molecule has 2 aromatic rings. The molecule has 2 nitrogen and oxygen atoms in total. The van der Waals surface area contributed by atoms with Crippen molar-refractivity contribution < 1.29 is 4.57 Å². The molecule has 0 N–H and O–H groups in total. The number of benzene rings is 1. The van der Waals surface area contributed by atoms with E-state index >= 15 is 0 Å². The monoisotopic (exact) mass is 243 g/mol. The minimum Gasteiger partial charge on any atom is -0.236 e. The zero-order chi connectivity index (χ0) is 12.8. The van der Waals surface area contributed by atoms with Gasteiger partial charge in [-0.15, -0.1) is 0 Å². The first-order valence-electron chi connectivity index (χ1n) is 6.94. The molecule has 0 saturated heterocycles. The highest BCUT2D eigenvalue weighted by Gasteiger charge is 2.07. The Bertz CT molecular complexity index is 485. The fourth-order valence-electron chi connectivity index (χ4n) is 2.24. The van der Waals surface area contributed by atoms with Gasteiger partial charge < -0.3 is 0 Å². The van der Waals surface area contributed by atoms with Gasteiger partial charge in [-0.05, 0) is 31.4 Å². The molecular formula is C16H23N2+. The third-order valence-electron chi connectivity index (χ3n) is 3.35.